The van der Waals surface area contributed by atoms with E-state index in [1.807, 2.05) is 27.7 Å². The fraction of sp³-hybridized carbons (Fsp3) is 0.588. The number of hydrogen-bond acceptors (Lipinski definition) is 1. The number of imidazole rings is 1. The SMILES string of the molecule is CC.CC.Cc1cc(C(F)(F)F)c2c(c1)ncn2C1CC(F)C1. The van der Waals surface area contributed by atoms with E-state index in [1.165, 1.54) is 10.9 Å². The summed E-state index contributed by atoms with van der Waals surface area (Å²) in [7, 11) is 0. The van der Waals surface area contributed by atoms with Crippen LogP contribution in [0.1, 0.15) is 57.7 Å². The first-order valence-corrected chi connectivity index (χ1v) is 8.04. The fourth-order valence-electron chi connectivity index (χ4n) is 2.55. The highest BCUT2D eigenvalue weighted by molar-refractivity contribution is 5.81. The molecule has 1 aliphatic carbocycles. The molecule has 2 aromatic rings. The van der Waals surface area contributed by atoms with E-state index in [0.29, 0.717) is 11.1 Å². The molecule has 1 fully saturated rings. The van der Waals surface area contributed by atoms with Crippen molar-refractivity contribution in [1.29, 1.82) is 0 Å². The van der Waals surface area contributed by atoms with Crippen LogP contribution < -0.4 is 0 Å². The molecule has 0 atom stereocenters. The lowest BCUT2D eigenvalue weighted by Gasteiger charge is -2.31. The first-order chi connectivity index (χ1) is 10.9. The van der Waals surface area contributed by atoms with Crippen molar-refractivity contribution in [2.24, 2.45) is 0 Å². The van der Waals surface area contributed by atoms with Gasteiger partial charge in [-0.15, -0.1) is 0 Å². The van der Waals surface area contributed by atoms with Crippen LogP contribution in [0.3, 0.4) is 0 Å². The van der Waals surface area contributed by atoms with Crippen LogP contribution in [-0.2, 0) is 6.18 Å². The van der Waals surface area contributed by atoms with Gasteiger partial charge in [0.25, 0.3) is 0 Å². The molecule has 3 rings (SSSR count). The Labute approximate surface area is 134 Å². The normalized spacial score (nSPS) is 20.0. The molecule has 0 aliphatic heterocycles. The standard InChI is InChI=1S/C13H12F4N2.2C2H6/c1-7-2-10(13(15,16)17)12-11(3-7)18-6-19(12)9-4-8(14)5-9;2*1-2/h2-3,6,8-9H,4-5H2,1H3;2*1-2H3. The van der Waals surface area contributed by atoms with Gasteiger partial charge in [0.1, 0.15) is 6.17 Å². The highest BCUT2D eigenvalue weighted by Gasteiger charge is 2.37. The number of hydrogen-bond donors (Lipinski definition) is 0. The van der Waals surface area contributed by atoms with Gasteiger partial charge in [-0.2, -0.15) is 13.2 Å². The van der Waals surface area contributed by atoms with Crippen molar-refractivity contribution < 1.29 is 17.6 Å². The zero-order valence-corrected chi connectivity index (χ0v) is 14.2. The summed E-state index contributed by atoms with van der Waals surface area (Å²) in [6.45, 7) is 9.61. The number of rotatable bonds is 1. The average Bonchev–Trinajstić information content (AvgIpc) is 2.89. The van der Waals surface area contributed by atoms with Crippen LogP contribution in [0.5, 0.6) is 0 Å². The van der Waals surface area contributed by atoms with Crippen molar-refractivity contribution in [3.8, 4) is 0 Å². The van der Waals surface area contributed by atoms with Crippen LogP contribution in [0.15, 0.2) is 18.5 Å². The number of aryl methyl sites for hydroxylation is 1. The summed E-state index contributed by atoms with van der Waals surface area (Å²) in [5, 5.41) is 0. The quantitative estimate of drug-likeness (QED) is 0.578. The third kappa shape index (κ3) is 4.03. The number of alkyl halides is 4. The van der Waals surface area contributed by atoms with Crippen molar-refractivity contribution in [3.05, 3.63) is 29.6 Å². The van der Waals surface area contributed by atoms with E-state index >= 15 is 0 Å². The lowest BCUT2D eigenvalue weighted by Crippen LogP contribution is -2.28. The molecule has 0 saturated heterocycles. The van der Waals surface area contributed by atoms with E-state index in [2.05, 4.69) is 4.98 Å². The van der Waals surface area contributed by atoms with Crippen molar-refractivity contribution in [2.45, 2.75) is 65.9 Å². The topological polar surface area (TPSA) is 17.8 Å². The second-order valence-electron chi connectivity index (χ2n) is 5.05. The molecule has 1 aromatic carbocycles. The molecule has 23 heavy (non-hydrogen) atoms. The molecule has 2 nitrogen and oxygen atoms in total. The summed E-state index contributed by atoms with van der Waals surface area (Å²) >= 11 is 0. The summed E-state index contributed by atoms with van der Waals surface area (Å²) in [4.78, 5) is 4.02. The minimum Gasteiger partial charge on any atom is -0.327 e. The fourth-order valence-corrected chi connectivity index (χ4v) is 2.55. The minimum atomic E-state index is -4.43. The van der Waals surface area contributed by atoms with Crippen LogP contribution in [0.2, 0.25) is 0 Å². The minimum absolute atomic E-state index is 0.0648. The molecule has 1 aliphatic rings. The molecule has 0 amide bonds. The number of halogens is 4. The molecule has 0 unspecified atom stereocenters. The molecule has 130 valence electrons. The Hall–Kier alpha value is -1.59. The van der Waals surface area contributed by atoms with Crippen LogP contribution in [0.25, 0.3) is 11.0 Å². The predicted molar refractivity (Wildman–Crippen MR) is 85.3 cm³/mol. The van der Waals surface area contributed by atoms with Crippen LogP contribution >= 0.6 is 0 Å². The van der Waals surface area contributed by atoms with E-state index in [1.54, 1.807) is 13.0 Å². The van der Waals surface area contributed by atoms with E-state index in [9.17, 15) is 17.6 Å². The summed E-state index contributed by atoms with van der Waals surface area (Å²) in [5.74, 6) is 0. The van der Waals surface area contributed by atoms with E-state index in [0.717, 1.165) is 6.07 Å². The average molecular weight is 332 g/mol. The van der Waals surface area contributed by atoms with Crippen LogP contribution in [0.4, 0.5) is 17.6 Å². The lowest BCUT2D eigenvalue weighted by atomic mass is 9.90. The van der Waals surface area contributed by atoms with Gasteiger partial charge in [0.05, 0.1) is 22.9 Å². The Balaban J connectivity index is 0.000000615. The van der Waals surface area contributed by atoms with Crippen molar-refractivity contribution in [3.63, 3.8) is 0 Å². The van der Waals surface area contributed by atoms with Gasteiger partial charge in [-0.25, -0.2) is 9.37 Å². The van der Waals surface area contributed by atoms with Crippen molar-refractivity contribution in [1.82, 2.24) is 9.55 Å². The molecule has 0 radical (unpaired) electrons. The second kappa shape index (κ2) is 7.79. The maximum atomic E-state index is 13.1. The molecule has 0 bridgehead atoms. The Morgan fingerprint density at radius 2 is 1.65 bits per heavy atom. The molecule has 1 aromatic heterocycles. The highest BCUT2D eigenvalue weighted by atomic mass is 19.4. The molecular weight excluding hydrogens is 308 g/mol. The monoisotopic (exact) mass is 332 g/mol. The number of benzene rings is 1. The van der Waals surface area contributed by atoms with Gasteiger partial charge in [-0.05, 0) is 37.5 Å². The molecule has 1 saturated carbocycles. The van der Waals surface area contributed by atoms with E-state index in [4.69, 9.17) is 0 Å². The Bertz CT molecular complexity index is 625. The van der Waals surface area contributed by atoms with Crippen molar-refractivity contribution in [2.75, 3.05) is 0 Å². The van der Waals surface area contributed by atoms with E-state index in [-0.39, 0.29) is 24.4 Å². The Morgan fingerprint density at radius 3 is 2.13 bits per heavy atom. The molecule has 1 heterocycles. The largest absolute Gasteiger partial charge is 0.418 e. The summed E-state index contributed by atoms with van der Waals surface area (Å²) in [6.07, 6.45) is -3.44. The maximum Gasteiger partial charge on any atom is 0.418 e. The van der Waals surface area contributed by atoms with Crippen LogP contribution in [-0.4, -0.2) is 15.7 Å². The zero-order valence-electron chi connectivity index (χ0n) is 14.2. The number of fused-ring (bicyclic) bond motifs is 1. The smallest absolute Gasteiger partial charge is 0.327 e. The third-order valence-corrected chi connectivity index (χ3v) is 3.57. The first kappa shape index (κ1) is 19.5. The lowest BCUT2D eigenvalue weighted by molar-refractivity contribution is -0.136. The molecule has 6 heteroatoms. The zero-order chi connectivity index (χ0) is 17.8. The van der Waals surface area contributed by atoms with E-state index < -0.39 is 17.9 Å². The van der Waals surface area contributed by atoms with Crippen molar-refractivity contribution >= 4 is 11.0 Å². The third-order valence-electron chi connectivity index (χ3n) is 3.57. The molecule has 0 N–H and O–H groups in total. The second-order valence-corrected chi connectivity index (χ2v) is 5.05. The van der Waals surface area contributed by atoms with Gasteiger partial charge < -0.3 is 4.57 Å². The Morgan fingerprint density at radius 1 is 1.09 bits per heavy atom. The van der Waals surface area contributed by atoms with Gasteiger partial charge in [-0.3, -0.25) is 0 Å². The molecule has 0 spiro atoms. The molecular formula is C17H24F4N2. The van der Waals surface area contributed by atoms with Gasteiger partial charge in [0.2, 0.25) is 0 Å². The van der Waals surface area contributed by atoms with Gasteiger partial charge >= 0.3 is 6.18 Å². The Kier molecular flexibility index (Phi) is 6.59. The van der Waals surface area contributed by atoms with Gasteiger partial charge in [0, 0.05) is 6.04 Å². The van der Waals surface area contributed by atoms with Gasteiger partial charge in [-0.1, -0.05) is 27.7 Å². The summed E-state index contributed by atoms with van der Waals surface area (Å²) in [5.41, 5.74) is 0.203. The maximum absolute atomic E-state index is 13.1. The summed E-state index contributed by atoms with van der Waals surface area (Å²) in [6, 6.07) is 2.52. The summed E-state index contributed by atoms with van der Waals surface area (Å²) < 4.78 is 53.7. The van der Waals surface area contributed by atoms with Crippen LogP contribution in [0, 0.1) is 6.92 Å². The van der Waals surface area contributed by atoms with Gasteiger partial charge in [0.15, 0.2) is 0 Å². The predicted octanol–water partition coefficient (Wildman–Crippen LogP) is 6.09. The number of aromatic nitrogens is 2. The number of nitrogens with zero attached hydrogens (tertiary/aromatic N) is 2. The first-order valence-electron chi connectivity index (χ1n) is 8.04. The highest BCUT2D eigenvalue weighted by Crippen LogP contribution is 2.41.